The highest BCUT2D eigenvalue weighted by molar-refractivity contribution is 9.10. The molecule has 0 fully saturated rings. The van der Waals surface area contributed by atoms with E-state index in [1.807, 2.05) is 13.0 Å². The van der Waals surface area contributed by atoms with Crippen LogP contribution < -0.4 is 5.32 Å². The number of benzene rings is 1. The number of nitrogens with one attached hydrogen (secondary N) is 1. The SMILES string of the molecule is CCCc1ccc(Nc2nccc(C)n2)c(Br)c1. The van der Waals surface area contributed by atoms with Gasteiger partial charge in [0, 0.05) is 16.4 Å². The fourth-order valence-corrected chi connectivity index (χ4v) is 2.26. The molecule has 3 nitrogen and oxygen atoms in total. The summed E-state index contributed by atoms with van der Waals surface area (Å²) in [6, 6.07) is 8.21. The molecule has 18 heavy (non-hydrogen) atoms. The minimum absolute atomic E-state index is 0.624. The van der Waals surface area contributed by atoms with E-state index in [4.69, 9.17) is 0 Å². The summed E-state index contributed by atoms with van der Waals surface area (Å²) >= 11 is 3.58. The number of hydrogen-bond acceptors (Lipinski definition) is 3. The first-order chi connectivity index (χ1) is 8.69. The molecule has 2 aromatic rings. The van der Waals surface area contributed by atoms with Crippen molar-refractivity contribution in [1.29, 1.82) is 0 Å². The van der Waals surface area contributed by atoms with E-state index < -0.39 is 0 Å². The van der Waals surface area contributed by atoms with Gasteiger partial charge in [-0.15, -0.1) is 0 Å². The Bertz CT molecular complexity index is 540. The van der Waals surface area contributed by atoms with Crippen LogP contribution in [0.1, 0.15) is 24.6 Å². The van der Waals surface area contributed by atoms with Gasteiger partial charge in [0.05, 0.1) is 5.69 Å². The zero-order valence-electron chi connectivity index (χ0n) is 10.6. The van der Waals surface area contributed by atoms with Crippen molar-refractivity contribution in [2.45, 2.75) is 26.7 Å². The number of halogens is 1. The number of aryl methyl sites for hydroxylation is 2. The van der Waals surface area contributed by atoms with Crippen LogP contribution in [0.25, 0.3) is 0 Å². The van der Waals surface area contributed by atoms with Gasteiger partial charge in [0.1, 0.15) is 0 Å². The Balaban J connectivity index is 2.19. The van der Waals surface area contributed by atoms with Crippen LogP contribution in [0.5, 0.6) is 0 Å². The van der Waals surface area contributed by atoms with Gasteiger partial charge in [-0.1, -0.05) is 19.4 Å². The lowest BCUT2D eigenvalue weighted by molar-refractivity contribution is 0.921. The van der Waals surface area contributed by atoms with Crippen LogP contribution in [-0.2, 0) is 6.42 Å². The zero-order valence-corrected chi connectivity index (χ0v) is 12.2. The lowest BCUT2D eigenvalue weighted by atomic mass is 10.1. The lowest BCUT2D eigenvalue weighted by Gasteiger charge is -2.09. The van der Waals surface area contributed by atoms with Gasteiger partial charge in [-0.05, 0) is 53.0 Å². The van der Waals surface area contributed by atoms with Gasteiger partial charge in [0.25, 0.3) is 0 Å². The fourth-order valence-electron chi connectivity index (χ4n) is 1.73. The second-order valence-electron chi connectivity index (χ2n) is 4.21. The number of aromatic nitrogens is 2. The Morgan fingerprint density at radius 2 is 2.11 bits per heavy atom. The molecule has 0 spiro atoms. The van der Waals surface area contributed by atoms with Crippen molar-refractivity contribution in [2.24, 2.45) is 0 Å². The van der Waals surface area contributed by atoms with Crippen LogP contribution in [-0.4, -0.2) is 9.97 Å². The smallest absolute Gasteiger partial charge is 0.227 e. The van der Waals surface area contributed by atoms with Crippen LogP contribution in [0.4, 0.5) is 11.6 Å². The predicted octanol–water partition coefficient (Wildman–Crippen LogP) is 4.24. The molecule has 0 bridgehead atoms. The van der Waals surface area contributed by atoms with Gasteiger partial charge in [0.2, 0.25) is 5.95 Å². The molecule has 0 saturated carbocycles. The number of anilines is 2. The third-order valence-electron chi connectivity index (χ3n) is 2.61. The molecular weight excluding hydrogens is 290 g/mol. The first kappa shape index (κ1) is 13.0. The van der Waals surface area contributed by atoms with Crippen molar-refractivity contribution in [3.8, 4) is 0 Å². The van der Waals surface area contributed by atoms with Gasteiger partial charge in [-0.25, -0.2) is 9.97 Å². The van der Waals surface area contributed by atoms with E-state index in [1.54, 1.807) is 6.20 Å². The summed E-state index contributed by atoms with van der Waals surface area (Å²) in [7, 11) is 0. The molecule has 0 amide bonds. The van der Waals surface area contributed by atoms with Crippen LogP contribution >= 0.6 is 15.9 Å². The zero-order chi connectivity index (χ0) is 13.0. The largest absolute Gasteiger partial charge is 0.323 e. The van der Waals surface area contributed by atoms with E-state index in [0.717, 1.165) is 28.7 Å². The van der Waals surface area contributed by atoms with Crippen molar-refractivity contribution < 1.29 is 0 Å². The van der Waals surface area contributed by atoms with Gasteiger partial charge in [-0.2, -0.15) is 0 Å². The minimum atomic E-state index is 0.624. The fraction of sp³-hybridized carbons (Fsp3) is 0.286. The maximum atomic E-state index is 4.33. The first-order valence-electron chi connectivity index (χ1n) is 6.04. The number of nitrogens with zero attached hydrogens (tertiary/aromatic N) is 2. The van der Waals surface area contributed by atoms with Gasteiger partial charge >= 0.3 is 0 Å². The molecule has 1 heterocycles. The van der Waals surface area contributed by atoms with Crippen molar-refractivity contribution in [3.05, 3.63) is 46.2 Å². The van der Waals surface area contributed by atoms with Crippen molar-refractivity contribution in [1.82, 2.24) is 9.97 Å². The highest BCUT2D eigenvalue weighted by Gasteiger charge is 2.03. The third-order valence-corrected chi connectivity index (χ3v) is 3.27. The highest BCUT2D eigenvalue weighted by Crippen LogP contribution is 2.26. The minimum Gasteiger partial charge on any atom is -0.323 e. The number of rotatable bonds is 4. The molecule has 4 heteroatoms. The summed E-state index contributed by atoms with van der Waals surface area (Å²) in [6.45, 7) is 4.13. The Hall–Kier alpha value is -1.42. The van der Waals surface area contributed by atoms with E-state index in [0.29, 0.717) is 5.95 Å². The molecule has 94 valence electrons. The van der Waals surface area contributed by atoms with Crippen molar-refractivity contribution in [2.75, 3.05) is 5.32 Å². The molecule has 0 radical (unpaired) electrons. The molecule has 2 rings (SSSR count). The molecule has 1 aromatic carbocycles. The maximum absolute atomic E-state index is 4.33. The van der Waals surface area contributed by atoms with E-state index in [1.165, 1.54) is 5.56 Å². The standard InChI is InChI=1S/C14H16BrN3/c1-3-4-11-5-6-13(12(15)9-11)18-14-16-8-7-10(2)17-14/h5-9H,3-4H2,1-2H3,(H,16,17,18). The molecule has 0 aliphatic heterocycles. The van der Waals surface area contributed by atoms with Crippen LogP contribution in [0.2, 0.25) is 0 Å². The predicted molar refractivity (Wildman–Crippen MR) is 78.2 cm³/mol. The monoisotopic (exact) mass is 305 g/mol. The molecule has 0 atom stereocenters. The van der Waals surface area contributed by atoms with Crippen molar-refractivity contribution >= 4 is 27.6 Å². The summed E-state index contributed by atoms with van der Waals surface area (Å²) in [5.41, 5.74) is 3.27. The quantitative estimate of drug-likeness (QED) is 0.918. The van der Waals surface area contributed by atoms with E-state index in [9.17, 15) is 0 Å². The molecule has 0 aliphatic rings. The Morgan fingerprint density at radius 3 is 2.78 bits per heavy atom. The second kappa shape index (κ2) is 5.96. The lowest BCUT2D eigenvalue weighted by Crippen LogP contribution is -1.98. The normalized spacial score (nSPS) is 10.4. The van der Waals surface area contributed by atoms with Crippen LogP contribution in [0.3, 0.4) is 0 Å². The van der Waals surface area contributed by atoms with Gasteiger partial charge in [-0.3, -0.25) is 0 Å². The average Bonchev–Trinajstić information content (AvgIpc) is 2.33. The summed E-state index contributed by atoms with van der Waals surface area (Å²) in [4.78, 5) is 8.52. The van der Waals surface area contributed by atoms with Gasteiger partial charge < -0.3 is 5.32 Å². The first-order valence-corrected chi connectivity index (χ1v) is 6.83. The summed E-state index contributed by atoms with van der Waals surface area (Å²) in [5, 5.41) is 3.21. The Morgan fingerprint density at radius 1 is 1.28 bits per heavy atom. The second-order valence-corrected chi connectivity index (χ2v) is 5.07. The van der Waals surface area contributed by atoms with Gasteiger partial charge in [0.15, 0.2) is 0 Å². The Kier molecular flexibility index (Phi) is 4.31. The van der Waals surface area contributed by atoms with E-state index >= 15 is 0 Å². The summed E-state index contributed by atoms with van der Waals surface area (Å²) < 4.78 is 1.04. The molecule has 0 unspecified atom stereocenters. The average molecular weight is 306 g/mol. The van der Waals surface area contributed by atoms with Crippen molar-refractivity contribution in [3.63, 3.8) is 0 Å². The Labute approximate surface area is 116 Å². The van der Waals surface area contributed by atoms with E-state index in [2.05, 4.69) is 56.3 Å². The number of hydrogen-bond donors (Lipinski definition) is 1. The third kappa shape index (κ3) is 3.29. The van der Waals surface area contributed by atoms with Crippen LogP contribution in [0, 0.1) is 6.92 Å². The summed E-state index contributed by atoms with van der Waals surface area (Å²) in [6.07, 6.45) is 4.00. The highest BCUT2D eigenvalue weighted by atomic mass is 79.9. The molecule has 1 aromatic heterocycles. The molecule has 1 N–H and O–H groups in total. The topological polar surface area (TPSA) is 37.8 Å². The van der Waals surface area contributed by atoms with E-state index in [-0.39, 0.29) is 0 Å². The maximum Gasteiger partial charge on any atom is 0.227 e. The molecule has 0 aliphatic carbocycles. The molecular formula is C14H16BrN3. The summed E-state index contributed by atoms with van der Waals surface area (Å²) in [5.74, 6) is 0.624. The van der Waals surface area contributed by atoms with Crippen LogP contribution in [0.15, 0.2) is 34.9 Å². The molecule has 0 saturated heterocycles.